The molecule has 2 heteroatoms. The minimum absolute atomic E-state index is 0.839. The molecule has 2 nitrogen and oxygen atoms in total. The van der Waals surface area contributed by atoms with Crippen LogP contribution in [0.2, 0.25) is 0 Å². The van der Waals surface area contributed by atoms with Gasteiger partial charge in [-0.2, -0.15) is 0 Å². The van der Waals surface area contributed by atoms with Crippen LogP contribution in [0.25, 0.3) is 0 Å². The van der Waals surface area contributed by atoms with Gasteiger partial charge in [-0.3, -0.25) is 4.99 Å². The highest BCUT2D eigenvalue weighted by atomic mass is 15.0. The number of nitrogens with zero attached hydrogens (tertiary/aromatic N) is 1. The molecule has 0 aliphatic carbocycles. The van der Waals surface area contributed by atoms with Gasteiger partial charge in [0.05, 0.1) is 5.84 Å². The highest BCUT2D eigenvalue weighted by Crippen LogP contribution is 1.86. The van der Waals surface area contributed by atoms with Crippen molar-refractivity contribution in [3.63, 3.8) is 0 Å². The Kier molecular flexibility index (Phi) is 1.29. The normalized spacial score (nSPS) is 20.4. The summed E-state index contributed by atoms with van der Waals surface area (Å²) in [7, 11) is 0. The number of hydrogen-bond acceptors (Lipinski definition) is 2. The lowest BCUT2D eigenvalue weighted by Crippen LogP contribution is -2.26. The maximum atomic E-state index is 4.02. The Morgan fingerprint density at radius 3 is 2.86 bits per heavy atom. The van der Waals surface area contributed by atoms with Crippen LogP contribution in [-0.2, 0) is 0 Å². The fourth-order valence-corrected chi connectivity index (χ4v) is 0.582. The van der Waals surface area contributed by atoms with Crippen LogP contribution in [0, 0.1) is 6.92 Å². The average Bonchev–Trinajstić information content (AvgIpc) is 1.69. The SMILES string of the molecule is [CH2]C1=NCCCN1. The molecule has 0 aromatic rings. The van der Waals surface area contributed by atoms with E-state index in [4.69, 9.17) is 0 Å². The summed E-state index contributed by atoms with van der Waals surface area (Å²) in [5, 5.41) is 3.02. The molecule has 0 spiro atoms. The highest BCUT2D eigenvalue weighted by molar-refractivity contribution is 5.86. The van der Waals surface area contributed by atoms with Crippen LogP contribution in [0.4, 0.5) is 0 Å². The van der Waals surface area contributed by atoms with E-state index >= 15 is 0 Å². The Hall–Kier alpha value is -0.530. The molecular weight excluding hydrogens is 88.1 g/mol. The molecule has 7 heavy (non-hydrogen) atoms. The van der Waals surface area contributed by atoms with E-state index in [1.807, 2.05) is 0 Å². The minimum atomic E-state index is 0.839. The third kappa shape index (κ3) is 1.18. The molecule has 0 bridgehead atoms. The first-order valence-corrected chi connectivity index (χ1v) is 2.50. The van der Waals surface area contributed by atoms with E-state index < -0.39 is 0 Å². The summed E-state index contributed by atoms with van der Waals surface area (Å²) < 4.78 is 0. The van der Waals surface area contributed by atoms with E-state index in [9.17, 15) is 0 Å². The van der Waals surface area contributed by atoms with Crippen molar-refractivity contribution in [2.45, 2.75) is 6.42 Å². The third-order valence-electron chi connectivity index (χ3n) is 0.967. The molecule has 0 saturated carbocycles. The summed E-state index contributed by atoms with van der Waals surface area (Å²) in [5.74, 6) is 0.839. The van der Waals surface area contributed by atoms with E-state index in [2.05, 4.69) is 17.2 Å². The molecule has 0 aromatic heterocycles. The van der Waals surface area contributed by atoms with Crippen molar-refractivity contribution >= 4 is 5.84 Å². The zero-order valence-electron chi connectivity index (χ0n) is 4.28. The van der Waals surface area contributed by atoms with Gasteiger partial charge in [-0.05, 0) is 6.42 Å². The van der Waals surface area contributed by atoms with Crippen LogP contribution in [0.5, 0.6) is 0 Å². The molecule has 0 fully saturated rings. The van der Waals surface area contributed by atoms with E-state index in [1.165, 1.54) is 0 Å². The lowest BCUT2D eigenvalue weighted by atomic mass is 10.4. The number of amidine groups is 1. The molecule has 1 radical (unpaired) electrons. The second-order valence-corrected chi connectivity index (χ2v) is 1.61. The first kappa shape index (κ1) is 4.62. The van der Waals surface area contributed by atoms with Crippen LogP contribution in [0.1, 0.15) is 6.42 Å². The summed E-state index contributed by atoms with van der Waals surface area (Å²) in [6.45, 7) is 5.63. The van der Waals surface area contributed by atoms with Crippen molar-refractivity contribution in [3.05, 3.63) is 6.92 Å². The largest absolute Gasteiger partial charge is 0.374 e. The molecule has 1 N–H and O–H groups in total. The van der Waals surface area contributed by atoms with Crippen LogP contribution in [0.3, 0.4) is 0 Å². The molecule has 0 unspecified atom stereocenters. The molecule has 0 saturated heterocycles. The Balaban J connectivity index is 2.40. The van der Waals surface area contributed by atoms with E-state index in [1.54, 1.807) is 0 Å². The molecule has 0 aromatic carbocycles. The molecule has 0 atom stereocenters. The number of nitrogens with one attached hydrogen (secondary N) is 1. The standard InChI is InChI=1S/C5H9N2/c1-5-6-3-2-4-7-5/h1-4H2,(H,6,7). The summed E-state index contributed by atoms with van der Waals surface area (Å²) >= 11 is 0. The first-order valence-electron chi connectivity index (χ1n) is 2.50. The molecule has 0 amide bonds. The van der Waals surface area contributed by atoms with Crippen molar-refractivity contribution in [3.8, 4) is 0 Å². The fraction of sp³-hybridized carbons (Fsp3) is 0.600. The second kappa shape index (κ2) is 1.96. The van der Waals surface area contributed by atoms with Crippen molar-refractivity contribution in [1.82, 2.24) is 5.32 Å². The lowest BCUT2D eigenvalue weighted by Gasteiger charge is -2.08. The molecule has 1 aliphatic heterocycles. The van der Waals surface area contributed by atoms with Crippen LogP contribution >= 0.6 is 0 Å². The van der Waals surface area contributed by atoms with E-state index in [-0.39, 0.29) is 0 Å². The van der Waals surface area contributed by atoms with Gasteiger partial charge in [-0.1, -0.05) is 0 Å². The van der Waals surface area contributed by atoms with Crippen LogP contribution in [-0.4, -0.2) is 18.9 Å². The number of rotatable bonds is 0. The summed E-state index contributed by atoms with van der Waals surface area (Å²) in [6.07, 6.45) is 1.15. The topological polar surface area (TPSA) is 24.4 Å². The molecule has 1 heterocycles. The zero-order valence-corrected chi connectivity index (χ0v) is 4.28. The van der Waals surface area contributed by atoms with Crippen molar-refractivity contribution in [1.29, 1.82) is 0 Å². The number of hydrogen-bond donors (Lipinski definition) is 1. The summed E-state index contributed by atoms with van der Waals surface area (Å²) in [6, 6.07) is 0. The fourth-order valence-electron chi connectivity index (χ4n) is 0.582. The van der Waals surface area contributed by atoms with Crippen LogP contribution in [0.15, 0.2) is 4.99 Å². The van der Waals surface area contributed by atoms with Gasteiger partial charge in [0, 0.05) is 20.0 Å². The quantitative estimate of drug-likeness (QED) is 0.459. The molecule has 1 rings (SSSR count). The Bertz CT molecular complexity index is 86.1. The second-order valence-electron chi connectivity index (χ2n) is 1.61. The van der Waals surface area contributed by atoms with Gasteiger partial charge in [0.25, 0.3) is 0 Å². The smallest absolute Gasteiger partial charge is 0.0967 e. The van der Waals surface area contributed by atoms with Gasteiger partial charge in [0.15, 0.2) is 0 Å². The Labute approximate surface area is 43.6 Å². The van der Waals surface area contributed by atoms with Crippen molar-refractivity contribution < 1.29 is 0 Å². The van der Waals surface area contributed by atoms with Crippen LogP contribution < -0.4 is 5.32 Å². The molecule has 1 aliphatic rings. The predicted octanol–water partition coefficient (Wildman–Crippen LogP) is 0.212. The first-order chi connectivity index (χ1) is 3.39. The monoisotopic (exact) mass is 97.1 g/mol. The maximum absolute atomic E-state index is 4.02. The maximum Gasteiger partial charge on any atom is 0.0967 e. The summed E-state index contributed by atoms with van der Waals surface area (Å²) in [4.78, 5) is 4.02. The van der Waals surface area contributed by atoms with Gasteiger partial charge in [-0.15, -0.1) is 0 Å². The molecular formula is C5H9N2. The number of aliphatic imine (C=N–C) groups is 1. The molecule has 39 valence electrons. The van der Waals surface area contributed by atoms with E-state index in [0.717, 1.165) is 25.3 Å². The van der Waals surface area contributed by atoms with Gasteiger partial charge in [0.1, 0.15) is 0 Å². The highest BCUT2D eigenvalue weighted by Gasteiger charge is 1.94. The zero-order chi connectivity index (χ0) is 5.11. The Morgan fingerprint density at radius 1 is 1.71 bits per heavy atom. The van der Waals surface area contributed by atoms with Gasteiger partial charge >= 0.3 is 0 Å². The average molecular weight is 97.1 g/mol. The van der Waals surface area contributed by atoms with Gasteiger partial charge < -0.3 is 5.32 Å². The predicted molar refractivity (Wildman–Crippen MR) is 30.3 cm³/mol. The third-order valence-corrected chi connectivity index (χ3v) is 0.967. The van der Waals surface area contributed by atoms with Gasteiger partial charge in [0.2, 0.25) is 0 Å². The Morgan fingerprint density at radius 2 is 2.57 bits per heavy atom. The van der Waals surface area contributed by atoms with Crippen molar-refractivity contribution in [2.24, 2.45) is 4.99 Å². The van der Waals surface area contributed by atoms with Gasteiger partial charge in [-0.25, -0.2) is 0 Å². The van der Waals surface area contributed by atoms with E-state index in [0.29, 0.717) is 0 Å². The van der Waals surface area contributed by atoms with Crippen molar-refractivity contribution in [2.75, 3.05) is 13.1 Å². The lowest BCUT2D eigenvalue weighted by molar-refractivity contribution is 0.744. The minimum Gasteiger partial charge on any atom is -0.374 e. The summed E-state index contributed by atoms with van der Waals surface area (Å²) in [5.41, 5.74) is 0.